The van der Waals surface area contributed by atoms with E-state index in [0.29, 0.717) is 5.95 Å². The monoisotopic (exact) mass is 1830 g/mol. The van der Waals surface area contributed by atoms with Crippen LogP contribution in [0.3, 0.4) is 0 Å². The molecule has 18 aromatic carbocycles. The fraction of sp³-hybridized carbons (Fsp3) is 0.0476. The number of hydrogen-bond acceptors (Lipinski definition) is 6. The van der Waals surface area contributed by atoms with E-state index in [1.807, 2.05) is 12.1 Å². The van der Waals surface area contributed by atoms with Crippen molar-refractivity contribution in [2.24, 2.45) is 0 Å². The summed E-state index contributed by atoms with van der Waals surface area (Å²) in [5.74, 6) is 2.95. The minimum atomic E-state index is -2.80. The van der Waals surface area contributed by atoms with Crippen molar-refractivity contribution in [1.29, 1.82) is 0 Å². The van der Waals surface area contributed by atoms with Crippen LogP contribution in [0.5, 0.6) is 0 Å². The SMILES string of the molecule is C[Si](C)(C)c1ccc(-c2nc(-c3ccccc3)cc(-c3ccc4c(c3)c3ccccc3n4-c3ccccc3)n2)cc1.C[Si](C)(C)c1cccc(-c2nc(-c3ccccc3)cc(-c3cccc(-n4c5ccccc5c5ccccc54)c3)n2)c1.c1ccc([Si](c2ccccc2)(c2ccccc2)c2cccc(-c3cc(-n4c5ccccc5c5ccccc54)nc(-n4c5ccccc5c5ccccc54)n3)c2)cc1. The van der Waals surface area contributed by atoms with Crippen LogP contribution in [0.4, 0.5) is 0 Å². The Bertz CT molecular complexity index is 8500. The first-order valence-corrected chi connectivity index (χ1v) is 56.6. The summed E-state index contributed by atoms with van der Waals surface area (Å²) in [6.45, 7) is 14.2. The quantitative estimate of drug-likeness (QED) is 0.0665. The molecule has 0 fully saturated rings. The molecular weight excluding hydrogens is 1740 g/mol. The van der Waals surface area contributed by atoms with E-state index in [0.717, 1.165) is 118 Å². The van der Waals surface area contributed by atoms with Gasteiger partial charge >= 0.3 is 0 Å². The lowest BCUT2D eigenvalue weighted by molar-refractivity contribution is 0.952. The Morgan fingerprint density at radius 1 is 0.165 bits per heavy atom. The van der Waals surface area contributed by atoms with Gasteiger partial charge in [0.15, 0.2) is 19.7 Å². The molecule has 7 heterocycles. The Labute approximate surface area is 811 Å². The third-order valence-electron chi connectivity index (χ3n) is 27.1. The van der Waals surface area contributed by atoms with E-state index in [4.69, 9.17) is 29.9 Å². The fourth-order valence-electron chi connectivity index (χ4n) is 20.3. The highest BCUT2D eigenvalue weighted by Crippen LogP contribution is 2.41. The average molecular weight is 1840 g/mol. The van der Waals surface area contributed by atoms with Gasteiger partial charge in [0.05, 0.1) is 88.8 Å². The van der Waals surface area contributed by atoms with E-state index < -0.39 is 24.2 Å². The molecule has 0 aliphatic carbocycles. The van der Waals surface area contributed by atoms with Gasteiger partial charge in [0.25, 0.3) is 0 Å². The summed E-state index contributed by atoms with van der Waals surface area (Å²) < 4.78 is 9.22. The van der Waals surface area contributed by atoms with Gasteiger partial charge in [0, 0.05) is 99.5 Å². The molecule has 0 radical (unpaired) electrons. The van der Waals surface area contributed by atoms with Crippen molar-refractivity contribution in [2.75, 3.05) is 0 Å². The third-order valence-corrected chi connectivity index (χ3v) is 35.9. The van der Waals surface area contributed by atoms with Crippen LogP contribution in [0, 0.1) is 0 Å². The second-order valence-electron chi connectivity index (χ2n) is 37.7. The molecule has 0 bridgehead atoms. The molecule has 0 unspecified atom stereocenters. The van der Waals surface area contributed by atoms with Crippen molar-refractivity contribution in [3.63, 3.8) is 0 Å². The van der Waals surface area contributed by atoms with Crippen LogP contribution < -0.4 is 31.1 Å². The van der Waals surface area contributed by atoms with E-state index in [1.54, 1.807) is 0 Å². The molecule has 25 rings (SSSR count). The summed E-state index contributed by atoms with van der Waals surface area (Å²) in [4.78, 5) is 31.4. The molecule has 0 atom stereocenters. The Hall–Kier alpha value is -16.9. The fourth-order valence-corrected chi connectivity index (χ4v) is 27.4. The topological polar surface area (TPSA) is 97.1 Å². The zero-order valence-electron chi connectivity index (χ0n) is 78.2. The van der Waals surface area contributed by atoms with Gasteiger partial charge in [0.2, 0.25) is 5.95 Å². The highest BCUT2D eigenvalue weighted by molar-refractivity contribution is 7.20. The molecule has 0 aliphatic heterocycles. The van der Waals surface area contributed by atoms with E-state index >= 15 is 0 Å². The van der Waals surface area contributed by atoms with Gasteiger partial charge in [-0.15, -0.1) is 0 Å². The van der Waals surface area contributed by atoms with E-state index in [2.05, 4.69) is 531 Å². The van der Waals surface area contributed by atoms with Crippen molar-refractivity contribution in [1.82, 2.24) is 48.2 Å². The molecule has 0 aliphatic rings. The normalized spacial score (nSPS) is 11.8. The molecule has 13 heteroatoms. The number of aromatic nitrogens is 10. The second-order valence-corrected chi connectivity index (χ2v) is 51.7. The lowest BCUT2D eigenvalue weighted by Gasteiger charge is -2.34. The van der Waals surface area contributed by atoms with E-state index in [9.17, 15) is 0 Å². The van der Waals surface area contributed by atoms with Crippen molar-refractivity contribution in [3.05, 3.63) is 485 Å². The van der Waals surface area contributed by atoms with Crippen molar-refractivity contribution >= 4 is 143 Å². The maximum absolute atomic E-state index is 5.51. The first-order chi connectivity index (χ1) is 68.2. The van der Waals surface area contributed by atoms with Gasteiger partial charge in [-0.3, -0.25) is 9.13 Å². The van der Waals surface area contributed by atoms with Gasteiger partial charge in [0.1, 0.15) is 5.82 Å². The zero-order valence-corrected chi connectivity index (χ0v) is 81.2. The van der Waals surface area contributed by atoms with Crippen LogP contribution in [0.2, 0.25) is 39.3 Å². The second kappa shape index (κ2) is 36.4. The lowest BCUT2D eigenvalue weighted by Crippen LogP contribution is -2.74. The summed E-state index contributed by atoms with van der Waals surface area (Å²) in [7, 11) is -5.69. The van der Waals surface area contributed by atoms with Gasteiger partial charge in [-0.1, -0.05) is 438 Å². The van der Waals surface area contributed by atoms with Gasteiger partial charge in [-0.2, -0.15) is 4.98 Å². The largest absolute Gasteiger partial charge is 0.309 e. The molecule has 0 amide bonds. The molecule has 664 valence electrons. The highest BCUT2D eigenvalue weighted by atomic mass is 28.3. The van der Waals surface area contributed by atoms with Gasteiger partial charge in [-0.05, 0) is 112 Å². The van der Waals surface area contributed by atoms with Gasteiger partial charge in [-0.25, -0.2) is 24.9 Å². The van der Waals surface area contributed by atoms with Crippen molar-refractivity contribution in [2.45, 2.75) is 39.3 Å². The van der Waals surface area contributed by atoms with Gasteiger partial charge < -0.3 is 9.13 Å². The number of benzene rings is 18. The lowest BCUT2D eigenvalue weighted by atomic mass is 10.0. The molecule has 7 aromatic heterocycles. The molecule has 10 nitrogen and oxygen atoms in total. The summed E-state index contributed by atoms with van der Waals surface area (Å²) in [5.41, 5.74) is 23.4. The number of fused-ring (bicyclic) bond motifs is 12. The first-order valence-electron chi connectivity index (χ1n) is 47.6. The molecule has 0 saturated heterocycles. The summed E-state index contributed by atoms with van der Waals surface area (Å²) >= 11 is 0. The van der Waals surface area contributed by atoms with E-state index in [-0.39, 0.29) is 0 Å². The molecule has 0 spiro atoms. The summed E-state index contributed by atoms with van der Waals surface area (Å²) in [5, 5.41) is 17.8. The molecule has 139 heavy (non-hydrogen) atoms. The molecule has 25 aromatic rings. The maximum atomic E-state index is 5.51. The number of nitrogens with zero attached hydrogens (tertiary/aromatic N) is 10. The van der Waals surface area contributed by atoms with Crippen LogP contribution in [0.1, 0.15) is 0 Å². The zero-order chi connectivity index (χ0) is 93.7. The van der Waals surface area contributed by atoms with E-state index in [1.165, 1.54) is 96.3 Å². The maximum Gasteiger partial charge on any atom is 0.237 e. The third kappa shape index (κ3) is 16.2. The van der Waals surface area contributed by atoms with Crippen LogP contribution in [0.25, 0.3) is 189 Å². The number of hydrogen-bond donors (Lipinski definition) is 0. The van der Waals surface area contributed by atoms with Crippen LogP contribution >= 0.6 is 0 Å². The Morgan fingerprint density at radius 3 is 0.906 bits per heavy atom. The average Bonchev–Trinajstić information content (AvgIpc) is 1.12. The predicted octanol–water partition coefficient (Wildman–Crippen LogP) is 28.0. The molecule has 0 saturated carbocycles. The standard InChI is InChI=1S/C52H36N4Si.2C37H31N3Si/c1-4-20-38(21-5-1)57(39-22-6-2-7-23-39,40-24-8-3-9-25-40)41-26-18-19-37(35-41)46-36-51(55-47-31-14-10-27-42(47)43-28-11-15-32-48(43)55)54-52(53-46)56-49-33-16-12-29-44(49)45-30-13-17-34-50(45)56;1-41(2,3)30-21-18-27(19-22-30)37-38-33(26-12-6-4-7-13-26)25-34(39-37)28-20-23-36-32(24-28)31-16-10-11-17-35(31)40(36)29-14-8-5-9-15-29;1-41(2,3)30-18-12-16-28(24-30)37-38-33(26-13-5-4-6-14-26)25-34(39-37)27-15-11-17-29(23-27)40-35-21-9-7-19-31(35)32-20-8-10-22-36(32)40/h1-36H;2*4-25H,1-3H3. The number of para-hydroxylation sites is 8. The summed E-state index contributed by atoms with van der Waals surface area (Å²) in [6, 6.07) is 173. The molecular formula is C126H98N10Si3. The highest BCUT2D eigenvalue weighted by Gasteiger charge is 2.42. The first kappa shape index (κ1) is 86.2. The van der Waals surface area contributed by atoms with Crippen molar-refractivity contribution in [3.8, 4) is 102 Å². The van der Waals surface area contributed by atoms with Crippen LogP contribution in [0.15, 0.2) is 485 Å². The van der Waals surface area contributed by atoms with Crippen LogP contribution in [-0.4, -0.2) is 72.4 Å². The summed E-state index contributed by atoms with van der Waals surface area (Å²) in [6.07, 6.45) is 0. The smallest absolute Gasteiger partial charge is 0.237 e. The number of rotatable bonds is 17. The molecule has 0 N–H and O–H groups in total. The van der Waals surface area contributed by atoms with Crippen molar-refractivity contribution < 1.29 is 0 Å². The Balaban J connectivity index is 0.000000119. The minimum Gasteiger partial charge on any atom is -0.309 e. The predicted molar refractivity (Wildman–Crippen MR) is 591 cm³/mol. The Morgan fingerprint density at radius 2 is 0.460 bits per heavy atom. The Kier molecular flexibility index (Phi) is 22.5. The minimum absolute atomic E-state index is 0.629. The van der Waals surface area contributed by atoms with Crippen LogP contribution in [-0.2, 0) is 0 Å².